The molecule has 0 aliphatic rings. The molecule has 1 amide bonds. The summed E-state index contributed by atoms with van der Waals surface area (Å²) in [7, 11) is 0. The van der Waals surface area contributed by atoms with E-state index in [0.717, 1.165) is 21.3 Å². The van der Waals surface area contributed by atoms with Crippen molar-refractivity contribution in [1.29, 1.82) is 0 Å². The maximum Gasteiger partial charge on any atom is 0.253 e. The molecule has 6 nitrogen and oxygen atoms in total. The molecule has 0 spiro atoms. The first-order valence-electron chi connectivity index (χ1n) is 9.03. The van der Waals surface area contributed by atoms with Crippen molar-refractivity contribution < 1.29 is 14.3 Å². The van der Waals surface area contributed by atoms with Crippen LogP contribution in [0.4, 0.5) is 5.82 Å². The van der Waals surface area contributed by atoms with Gasteiger partial charge in [0, 0.05) is 17.7 Å². The van der Waals surface area contributed by atoms with Gasteiger partial charge in [0.1, 0.15) is 18.3 Å². The van der Waals surface area contributed by atoms with E-state index in [1.54, 1.807) is 18.3 Å². The van der Waals surface area contributed by atoms with E-state index in [-0.39, 0.29) is 5.91 Å². The monoisotopic (exact) mass is 397 g/mol. The summed E-state index contributed by atoms with van der Waals surface area (Å²) in [6.45, 7) is 5.41. The number of nitrogens with zero attached hydrogens (tertiary/aromatic N) is 1. The van der Waals surface area contributed by atoms with Crippen LogP contribution in [0.15, 0.2) is 54.7 Å². The molecular formula is C21H23N3O3S. The third kappa shape index (κ3) is 5.80. The Balaban J connectivity index is 1.50. The Bertz CT molecular complexity index is 909. The Morgan fingerprint density at radius 3 is 2.82 bits per heavy atom. The molecule has 0 unspecified atom stereocenters. The number of nitrogens with one attached hydrogen (secondary N) is 2. The number of aromatic nitrogens is 1. The van der Waals surface area contributed by atoms with Gasteiger partial charge in [-0.05, 0) is 55.8 Å². The highest BCUT2D eigenvalue weighted by atomic mass is 32.1. The first-order valence-corrected chi connectivity index (χ1v) is 9.85. The van der Waals surface area contributed by atoms with Gasteiger partial charge in [-0.15, -0.1) is 11.3 Å². The molecule has 0 fully saturated rings. The fourth-order valence-electron chi connectivity index (χ4n) is 2.43. The van der Waals surface area contributed by atoms with Crippen molar-refractivity contribution in [1.82, 2.24) is 10.3 Å². The van der Waals surface area contributed by atoms with Gasteiger partial charge < -0.3 is 20.1 Å². The lowest BCUT2D eigenvalue weighted by molar-refractivity contribution is 0.0951. The second-order valence-electron chi connectivity index (χ2n) is 6.07. The van der Waals surface area contributed by atoms with E-state index in [1.807, 2.05) is 50.2 Å². The van der Waals surface area contributed by atoms with Crippen molar-refractivity contribution in [3.63, 3.8) is 0 Å². The highest BCUT2D eigenvalue weighted by Crippen LogP contribution is 2.29. The zero-order valence-electron chi connectivity index (χ0n) is 15.9. The Hall–Kier alpha value is -2.90. The topological polar surface area (TPSA) is 72.5 Å². The summed E-state index contributed by atoms with van der Waals surface area (Å²) in [5.74, 6) is 1.31. The molecule has 0 aliphatic heterocycles. The number of hydrogen-bond donors (Lipinski definition) is 2. The fourth-order valence-corrected chi connectivity index (χ4v) is 3.25. The number of amides is 1. The smallest absolute Gasteiger partial charge is 0.253 e. The number of aryl methyl sites for hydroxylation is 1. The summed E-state index contributed by atoms with van der Waals surface area (Å²) in [5.41, 5.74) is 1.66. The average molecular weight is 398 g/mol. The minimum absolute atomic E-state index is 0.168. The average Bonchev–Trinajstić information content (AvgIpc) is 3.14. The van der Waals surface area contributed by atoms with E-state index in [1.165, 1.54) is 11.3 Å². The fraction of sp³-hybridized carbons (Fsp3) is 0.238. The van der Waals surface area contributed by atoms with Gasteiger partial charge in [-0.2, -0.15) is 0 Å². The normalized spacial score (nSPS) is 10.5. The largest absolute Gasteiger partial charge is 0.447 e. The first kappa shape index (κ1) is 19.9. The minimum atomic E-state index is -0.168. The first-order chi connectivity index (χ1) is 13.6. The number of thiophene rings is 1. The highest BCUT2D eigenvalue weighted by molar-refractivity contribution is 7.13. The number of pyridine rings is 1. The van der Waals surface area contributed by atoms with E-state index in [9.17, 15) is 4.79 Å². The van der Waals surface area contributed by atoms with Gasteiger partial charge in [-0.3, -0.25) is 4.79 Å². The number of carbonyl (C=O) groups excluding carboxylic acids is 1. The van der Waals surface area contributed by atoms with E-state index in [2.05, 4.69) is 15.6 Å². The zero-order valence-corrected chi connectivity index (χ0v) is 16.7. The molecule has 28 heavy (non-hydrogen) atoms. The van der Waals surface area contributed by atoms with E-state index < -0.39 is 0 Å². The lowest BCUT2D eigenvalue weighted by atomic mass is 10.2. The molecule has 2 N–H and O–H groups in total. The lowest BCUT2D eigenvalue weighted by Gasteiger charge is -2.07. The summed E-state index contributed by atoms with van der Waals surface area (Å²) in [5, 5.41) is 6.72. The molecule has 7 heteroatoms. The molecule has 0 atom stereocenters. The van der Waals surface area contributed by atoms with Crippen molar-refractivity contribution >= 4 is 23.1 Å². The van der Waals surface area contributed by atoms with Crippen LogP contribution in [0.2, 0.25) is 0 Å². The van der Waals surface area contributed by atoms with E-state index >= 15 is 0 Å². The summed E-state index contributed by atoms with van der Waals surface area (Å²) in [6.07, 6.45) is 1.55. The molecule has 0 aliphatic carbocycles. The van der Waals surface area contributed by atoms with Crippen LogP contribution in [-0.4, -0.2) is 24.2 Å². The van der Waals surface area contributed by atoms with Crippen LogP contribution in [-0.2, 0) is 11.3 Å². The maximum absolute atomic E-state index is 12.3. The summed E-state index contributed by atoms with van der Waals surface area (Å²) >= 11 is 1.51. The van der Waals surface area contributed by atoms with Gasteiger partial charge in [0.25, 0.3) is 5.91 Å². The third-order valence-electron chi connectivity index (χ3n) is 3.85. The number of anilines is 1. The summed E-state index contributed by atoms with van der Waals surface area (Å²) in [6, 6.07) is 15.3. The van der Waals surface area contributed by atoms with Gasteiger partial charge >= 0.3 is 0 Å². The number of carbonyl (C=O) groups is 1. The highest BCUT2D eigenvalue weighted by Gasteiger charge is 2.08. The number of benzene rings is 1. The molecule has 2 aromatic heterocycles. The molecule has 3 aromatic rings. The second kappa shape index (κ2) is 9.87. The van der Waals surface area contributed by atoms with Crippen LogP contribution in [0.3, 0.4) is 0 Å². The molecular weight excluding hydrogens is 374 g/mol. The van der Waals surface area contributed by atoms with Crippen molar-refractivity contribution in [3.8, 4) is 10.8 Å². The summed E-state index contributed by atoms with van der Waals surface area (Å²) in [4.78, 5) is 17.5. The maximum atomic E-state index is 12.3. The van der Waals surface area contributed by atoms with Crippen molar-refractivity contribution in [3.05, 3.63) is 70.7 Å². The van der Waals surface area contributed by atoms with Crippen molar-refractivity contribution in [2.45, 2.75) is 20.4 Å². The van der Waals surface area contributed by atoms with Crippen molar-refractivity contribution in [2.24, 2.45) is 0 Å². The Morgan fingerprint density at radius 2 is 2.07 bits per heavy atom. The molecule has 0 radical (unpaired) electrons. The third-order valence-corrected chi connectivity index (χ3v) is 4.82. The van der Waals surface area contributed by atoms with Crippen LogP contribution in [0.1, 0.15) is 27.7 Å². The van der Waals surface area contributed by atoms with Crippen LogP contribution in [0, 0.1) is 6.92 Å². The van der Waals surface area contributed by atoms with Crippen LogP contribution in [0.5, 0.6) is 10.8 Å². The molecule has 2 heterocycles. The Morgan fingerprint density at radius 1 is 1.18 bits per heavy atom. The predicted octanol–water partition coefficient (Wildman–Crippen LogP) is 4.58. The van der Waals surface area contributed by atoms with E-state index in [4.69, 9.17) is 9.47 Å². The van der Waals surface area contributed by atoms with Gasteiger partial charge in [0.15, 0.2) is 5.06 Å². The molecule has 0 bridgehead atoms. The minimum Gasteiger partial charge on any atom is -0.447 e. The van der Waals surface area contributed by atoms with Crippen LogP contribution in [0.25, 0.3) is 0 Å². The van der Waals surface area contributed by atoms with Gasteiger partial charge in [-0.25, -0.2) is 4.98 Å². The Kier molecular flexibility index (Phi) is 7.00. The zero-order chi connectivity index (χ0) is 19.8. The standard InChI is InChI=1S/C21H23N3O3S/c1-3-26-14-24-19-9-7-16(12-22-19)21(25)23-13-18-8-10-20(28-18)27-17-6-4-5-15(2)11-17/h4-12H,3,13-14H2,1-2H3,(H,22,24)(H,23,25). The van der Waals surface area contributed by atoms with Crippen molar-refractivity contribution in [2.75, 3.05) is 18.7 Å². The van der Waals surface area contributed by atoms with Gasteiger partial charge in [0.05, 0.1) is 12.1 Å². The molecule has 1 aromatic carbocycles. The SMILES string of the molecule is CCOCNc1ccc(C(=O)NCc2ccc(Oc3cccc(C)c3)s2)cn1. The van der Waals surface area contributed by atoms with E-state index in [0.29, 0.717) is 31.3 Å². The lowest BCUT2D eigenvalue weighted by Crippen LogP contribution is -2.22. The summed E-state index contributed by atoms with van der Waals surface area (Å²) < 4.78 is 11.1. The van der Waals surface area contributed by atoms with Crippen LogP contribution < -0.4 is 15.4 Å². The Labute approximate surface area is 168 Å². The van der Waals surface area contributed by atoms with Crippen LogP contribution >= 0.6 is 11.3 Å². The quantitative estimate of drug-likeness (QED) is 0.408. The molecule has 3 rings (SSSR count). The molecule has 0 saturated heterocycles. The predicted molar refractivity (Wildman–Crippen MR) is 111 cm³/mol. The second-order valence-corrected chi connectivity index (χ2v) is 7.20. The number of rotatable bonds is 9. The molecule has 0 saturated carbocycles. The number of hydrogen-bond acceptors (Lipinski definition) is 6. The van der Waals surface area contributed by atoms with Gasteiger partial charge in [0.2, 0.25) is 0 Å². The van der Waals surface area contributed by atoms with Gasteiger partial charge in [-0.1, -0.05) is 12.1 Å². The number of ether oxygens (including phenoxy) is 2. The molecule has 146 valence electrons.